The summed E-state index contributed by atoms with van der Waals surface area (Å²) in [6.07, 6.45) is 2.74. The van der Waals surface area contributed by atoms with Gasteiger partial charge in [0.15, 0.2) is 0 Å². The van der Waals surface area contributed by atoms with Gasteiger partial charge in [0.05, 0.1) is 6.61 Å². The summed E-state index contributed by atoms with van der Waals surface area (Å²) in [5.74, 6) is 1.56. The maximum atomic E-state index is 12.0. The molecule has 1 atom stereocenters. The molecule has 2 N–H and O–H groups in total. The van der Waals surface area contributed by atoms with E-state index in [1.165, 1.54) is 6.42 Å². The van der Waals surface area contributed by atoms with E-state index in [-0.39, 0.29) is 5.91 Å². The fourth-order valence-corrected chi connectivity index (χ4v) is 2.60. The van der Waals surface area contributed by atoms with Gasteiger partial charge in [0.25, 0.3) is 0 Å². The van der Waals surface area contributed by atoms with Crippen molar-refractivity contribution in [1.82, 2.24) is 10.6 Å². The van der Waals surface area contributed by atoms with E-state index in [0.29, 0.717) is 32.1 Å². The van der Waals surface area contributed by atoms with Crippen LogP contribution in [0.25, 0.3) is 0 Å². The number of carbonyl (C=O) groups is 1. The van der Waals surface area contributed by atoms with E-state index in [1.54, 1.807) is 7.11 Å². The van der Waals surface area contributed by atoms with Crippen molar-refractivity contribution in [2.75, 3.05) is 33.4 Å². The van der Waals surface area contributed by atoms with Crippen LogP contribution in [-0.4, -0.2) is 39.3 Å². The zero-order chi connectivity index (χ0) is 15.6. The van der Waals surface area contributed by atoms with Crippen LogP contribution < -0.4 is 15.4 Å². The highest BCUT2D eigenvalue weighted by atomic mass is 16.5. The van der Waals surface area contributed by atoms with Crippen LogP contribution in [0.4, 0.5) is 0 Å². The SMILES string of the molecule is COCCOc1ccccc1CNC(=O)CCC1CCNC1. The Morgan fingerprint density at radius 1 is 1.36 bits per heavy atom. The highest BCUT2D eigenvalue weighted by Crippen LogP contribution is 2.18. The summed E-state index contributed by atoms with van der Waals surface area (Å²) in [7, 11) is 1.65. The molecule has 0 aromatic heterocycles. The minimum absolute atomic E-state index is 0.110. The van der Waals surface area contributed by atoms with Crippen LogP contribution in [0.3, 0.4) is 0 Å². The molecule has 1 aliphatic heterocycles. The van der Waals surface area contributed by atoms with Gasteiger partial charge in [-0.05, 0) is 37.9 Å². The molecule has 2 rings (SSSR count). The number of para-hydroxylation sites is 1. The van der Waals surface area contributed by atoms with E-state index in [2.05, 4.69) is 10.6 Å². The molecule has 5 heteroatoms. The van der Waals surface area contributed by atoms with Crippen molar-refractivity contribution in [1.29, 1.82) is 0 Å². The Balaban J connectivity index is 1.73. The van der Waals surface area contributed by atoms with Crippen molar-refractivity contribution >= 4 is 5.91 Å². The van der Waals surface area contributed by atoms with E-state index in [9.17, 15) is 4.79 Å². The maximum absolute atomic E-state index is 12.0. The summed E-state index contributed by atoms with van der Waals surface area (Å²) in [6.45, 7) is 3.69. The maximum Gasteiger partial charge on any atom is 0.220 e. The molecule has 0 radical (unpaired) electrons. The van der Waals surface area contributed by atoms with E-state index in [0.717, 1.165) is 30.8 Å². The molecule has 1 fully saturated rings. The lowest BCUT2D eigenvalue weighted by atomic mass is 10.0. The molecule has 0 aliphatic carbocycles. The number of ether oxygens (including phenoxy) is 2. The molecule has 5 nitrogen and oxygen atoms in total. The third-order valence-corrected chi connectivity index (χ3v) is 3.94. The Bertz CT molecular complexity index is 459. The van der Waals surface area contributed by atoms with Crippen molar-refractivity contribution < 1.29 is 14.3 Å². The molecule has 0 bridgehead atoms. The summed E-state index contributed by atoms with van der Waals surface area (Å²) < 4.78 is 10.6. The van der Waals surface area contributed by atoms with E-state index in [4.69, 9.17) is 9.47 Å². The standard InChI is InChI=1S/C17H26N2O3/c1-21-10-11-22-16-5-3-2-4-15(16)13-19-17(20)7-6-14-8-9-18-12-14/h2-5,14,18H,6-13H2,1H3,(H,19,20). The Morgan fingerprint density at radius 2 is 2.23 bits per heavy atom. The Hall–Kier alpha value is -1.59. The summed E-state index contributed by atoms with van der Waals surface area (Å²) >= 11 is 0. The Morgan fingerprint density at radius 3 is 3.00 bits per heavy atom. The highest BCUT2D eigenvalue weighted by molar-refractivity contribution is 5.75. The minimum atomic E-state index is 0.110. The Kier molecular flexibility index (Phi) is 7.19. The number of hydrogen-bond donors (Lipinski definition) is 2. The van der Waals surface area contributed by atoms with Crippen molar-refractivity contribution in [2.24, 2.45) is 5.92 Å². The minimum Gasteiger partial charge on any atom is -0.491 e. The van der Waals surface area contributed by atoms with Crippen molar-refractivity contribution in [3.05, 3.63) is 29.8 Å². The predicted octanol–water partition coefficient (Wildman–Crippen LogP) is 1.72. The molecule has 1 aromatic rings. The van der Waals surface area contributed by atoms with Gasteiger partial charge in [0.2, 0.25) is 5.91 Å². The number of rotatable bonds is 9. The number of benzene rings is 1. The van der Waals surface area contributed by atoms with Crippen molar-refractivity contribution in [3.8, 4) is 5.75 Å². The largest absolute Gasteiger partial charge is 0.491 e. The van der Waals surface area contributed by atoms with Crippen molar-refractivity contribution in [3.63, 3.8) is 0 Å². The van der Waals surface area contributed by atoms with Crippen LogP contribution >= 0.6 is 0 Å². The fourth-order valence-electron chi connectivity index (χ4n) is 2.60. The van der Waals surface area contributed by atoms with Crippen LogP contribution in [0.2, 0.25) is 0 Å². The second kappa shape index (κ2) is 9.43. The van der Waals surface area contributed by atoms with Gasteiger partial charge in [-0.2, -0.15) is 0 Å². The lowest BCUT2D eigenvalue weighted by Gasteiger charge is -2.12. The quantitative estimate of drug-likeness (QED) is 0.682. The molecule has 1 aliphatic rings. The second-order valence-corrected chi connectivity index (χ2v) is 5.62. The third-order valence-electron chi connectivity index (χ3n) is 3.94. The van der Waals surface area contributed by atoms with E-state index < -0.39 is 0 Å². The smallest absolute Gasteiger partial charge is 0.220 e. The number of hydrogen-bond acceptors (Lipinski definition) is 4. The van der Waals surface area contributed by atoms with E-state index in [1.807, 2.05) is 24.3 Å². The van der Waals surface area contributed by atoms with Crippen LogP contribution in [0, 0.1) is 5.92 Å². The first-order chi connectivity index (χ1) is 10.8. The first-order valence-corrected chi connectivity index (χ1v) is 7.96. The van der Waals surface area contributed by atoms with Crippen LogP contribution in [-0.2, 0) is 16.1 Å². The second-order valence-electron chi connectivity index (χ2n) is 5.62. The number of carbonyl (C=O) groups excluding carboxylic acids is 1. The van der Waals surface area contributed by atoms with Gasteiger partial charge < -0.3 is 20.1 Å². The predicted molar refractivity (Wildman–Crippen MR) is 85.9 cm³/mol. The van der Waals surface area contributed by atoms with Gasteiger partial charge in [-0.25, -0.2) is 0 Å². The van der Waals surface area contributed by atoms with Gasteiger partial charge in [-0.1, -0.05) is 18.2 Å². The monoisotopic (exact) mass is 306 g/mol. The molecule has 1 saturated heterocycles. The molecule has 122 valence electrons. The molecule has 1 unspecified atom stereocenters. The summed E-state index contributed by atoms with van der Waals surface area (Å²) in [5.41, 5.74) is 0.995. The number of nitrogens with one attached hydrogen (secondary N) is 2. The zero-order valence-electron chi connectivity index (χ0n) is 13.3. The third kappa shape index (κ3) is 5.66. The fraction of sp³-hybridized carbons (Fsp3) is 0.588. The molecule has 1 amide bonds. The first-order valence-electron chi connectivity index (χ1n) is 7.96. The van der Waals surface area contributed by atoms with E-state index >= 15 is 0 Å². The normalized spacial score (nSPS) is 17.4. The average molecular weight is 306 g/mol. The molecule has 1 heterocycles. The number of amides is 1. The van der Waals surface area contributed by atoms with Gasteiger partial charge in [-0.3, -0.25) is 4.79 Å². The van der Waals surface area contributed by atoms with Gasteiger partial charge in [0, 0.05) is 25.6 Å². The molecule has 0 saturated carbocycles. The Labute approximate surface area is 132 Å². The highest BCUT2D eigenvalue weighted by Gasteiger charge is 2.15. The van der Waals surface area contributed by atoms with Crippen LogP contribution in [0.1, 0.15) is 24.8 Å². The van der Waals surface area contributed by atoms with Crippen molar-refractivity contribution in [2.45, 2.75) is 25.8 Å². The lowest BCUT2D eigenvalue weighted by Crippen LogP contribution is -2.24. The van der Waals surface area contributed by atoms with Gasteiger partial charge in [0.1, 0.15) is 12.4 Å². The van der Waals surface area contributed by atoms with Crippen LogP contribution in [0.15, 0.2) is 24.3 Å². The summed E-state index contributed by atoms with van der Waals surface area (Å²) in [5, 5.41) is 6.31. The topological polar surface area (TPSA) is 59.6 Å². The summed E-state index contributed by atoms with van der Waals surface area (Å²) in [6, 6.07) is 7.78. The molecular formula is C17H26N2O3. The number of methoxy groups -OCH3 is 1. The molecule has 1 aromatic carbocycles. The first kappa shape index (κ1) is 16.8. The summed E-state index contributed by atoms with van der Waals surface area (Å²) in [4.78, 5) is 12.0. The molecular weight excluding hydrogens is 280 g/mol. The molecule has 0 spiro atoms. The average Bonchev–Trinajstić information content (AvgIpc) is 3.05. The van der Waals surface area contributed by atoms with Gasteiger partial charge in [-0.15, -0.1) is 0 Å². The van der Waals surface area contributed by atoms with Crippen LogP contribution in [0.5, 0.6) is 5.75 Å². The van der Waals surface area contributed by atoms with Gasteiger partial charge >= 0.3 is 0 Å². The zero-order valence-corrected chi connectivity index (χ0v) is 13.3. The molecule has 22 heavy (non-hydrogen) atoms. The lowest BCUT2D eigenvalue weighted by molar-refractivity contribution is -0.121.